The van der Waals surface area contributed by atoms with E-state index in [-0.39, 0.29) is 0 Å². The molecule has 0 N–H and O–H groups in total. The van der Waals surface area contributed by atoms with Crippen molar-refractivity contribution < 1.29 is 0 Å². The molecule has 6 nitrogen and oxygen atoms in total. The van der Waals surface area contributed by atoms with Gasteiger partial charge in [-0.25, -0.2) is 9.97 Å². The molecule has 0 spiro atoms. The molecule has 9 aromatic carbocycles. The van der Waals surface area contributed by atoms with Crippen LogP contribution in [0.1, 0.15) is 0 Å². The first-order chi connectivity index (χ1) is 33.7. The summed E-state index contributed by atoms with van der Waals surface area (Å²) in [5.74, 6) is 1.81. The molecule has 0 fully saturated rings. The Kier molecular flexibility index (Phi) is 9.39. The van der Waals surface area contributed by atoms with E-state index < -0.39 is 0 Å². The molecular formula is C62H40N6. The number of aromatic nitrogens is 6. The Bertz CT molecular complexity index is 3950. The summed E-state index contributed by atoms with van der Waals surface area (Å²) in [7, 11) is 0. The predicted molar refractivity (Wildman–Crippen MR) is 279 cm³/mol. The van der Waals surface area contributed by atoms with Crippen molar-refractivity contribution in [1.29, 1.82) is 0 Å². The molecule has 0 unspecified atom stereocenters. The normalized spacial score (nSPS) is 11.5. The first-order valence-electron chi connectivity index (χ1n) is 22.9. The summed E-state index contributed by atoms with van der Waals surface area (Å²) in [6, 6.07) is 85.3. The molecule has 4 aromatic heterocycles. The van der Waals surface area contributed by atoms with Crippen molar-refractivity contribution >= 4 is 43.6 Å². The fourth-order valence-corrected chi connectivity index (χ4v) is 9.74. The Morgan fingerprint density at radius 2 is 0.676 bits per heavy atom. The zero-order valence-electron chi connectivity index (χ0n) is 36.8. The zero-order valence-corrected chi connectivity index (χ0v) is 36.8. The Morgan fingerprint density at radius 3 is 1.28 bits per heavy atom. The molecule has 6 heteroatoms. The molecule has 0 amide bonds. The van der Waals surface area contributed by atoms with Crippen molar-refractivity contribution in [2.45, 2.75) is 0 Å². The molecule has 0 radical (unpaired) electrons. The number of nitrogens with zero attached hydrogens (tertiary/aromatic N) is 6. The van der Waals surface area contributed by atoms with E-state index in [1.165, 1.54) is 5.56 Å². The van der Waals surface area contributed by atoms with Gasteiger partial charge in [0.15, 0.2) is 11.6 Å². The fraction of sp³-hybridized carbons (Fsp3) is 0. The Morgan fingerprint density at radius 1 is 0.235 bits per heavy atom. The number of hydrogen-bond acceptors (Lipinski definition) is 4. The summed E-state index contributed by atoms with van der Waals surface area (Å²) in [5, 5.41) is 4.53. The number of benzene rings is 9. The molecule has 13 aromatic rings. The van der Waals surface area contributed by atoms with E-state index in [0.717, 1.165) is 99.6 Å². The topological polar surface area (TPSA) is 61.4 Å². The van der Waals surface area contributed by atoms with Crippen LogP contribution in [0.15, 0.2) is 243 Å². The minimum atomic E-state index is 0.568. The molecule has 0 saturated carbocycles. The van der Waals surface area contributed by atoms with Crippen LogP contribution in [0.4, 0.5) is 0 Å². The molecular weight excluding hydrogens is 829 g/mol. The molecule has 0 aliphatic heterocycles. The molecule has 13 rings (SSSR count). The summed E-state index contributed by atoms with van der Waals surface area (Å²) in [5.41, 5.74) is 15.7. The lowest BCUT2D eigenvalue weighted by Gasteiger charge is -2.14. The molecule has 0 bridgehead atoms. The van der Waals surface area contributed by atoms with Crippen LogP contribution < -0.4 is 0 Å². The van der Waals surface area contributed by atoms with Gasteiger partial charge in [-0.2, -0.15) is 9.97 Å². The minimum absolute atomic E-state index is 0.568. The van der Waals surface area contributed by atoms with Crippen molar-refractivity contribution in [1.82, 2.24) is 29.1 Å². The van der Waals surface area contributed by atoms with Crippen LogP contribution in [-0.4, -0.2) is 29.1 Å². The summed E-state index contributed by atoms with van der Waals surface area (Å²) in [6.07, 6.45) is 0. The van der Waals surface area contributed by atoms with Gasteiger partial charge in [-0.1, -0.05) is 188 Å². The second-order valence-electron chi connectivity index (χ2n) is 17.1. The lowest BCUT2D eigenvalue weighted by Crippen LogP contribution is -2.06. The van der Waals surface area contributed by atoms with Gasteiger partial charge < -0.3 is 4.57 Å². The van der Waals surface area contributed by atoms with E-state index in [1.807, 2.05) is 60.7 Å². The number of fused-ring (bicyclic) bond motifs is 6. The number of hydrogen-bond donors (Lipinski definition) is 0. The third-order valence-electron chi connectivity index (χ3n) is 13.0. The van der Waals surface area contributed by atoms with E-state index in [2.05, 4.69) is 191 Å². The standard InChI is InChI=1S/C62H40N6/c1-5-19-41(20-6-1)45-27-17-29-47(35-45)55-38-48(37-54(63-55)42-21-7-2-8-22-42)46-28-18-30-49(36-46)67-56-33-15-13-31-50(56)52-40-59-53(39-58(52)67)51-32-14-16-34-57(51)68(59)62-65-60(43-23-9-3-10-24-43)64-61(66-62)44-25-11-4-12-26-44/h1-40H. The SMILES string of the molecule is c1ccc(-c2cccc(-c3cc(-c4cccc(-n5c6ccccc6c6cc7c(cc65)c5ccccc5n7-c5nc(-c6ccccc6)nc(-c6ccccc6)n5)c4)cc(-c4ccccc4)n3)c2)cc1. The summed E-state index contributed by atoms with van der Waals surface area (Å²) < 4.78 is 4.62. The van der Waals surface area contributed by atoms with Gasteiger partial charge in [-0.3, -0.25) is 4.57 Å². The molecule has 0 aliphatic rings. The molecule has 4 heterocycles. The first kappa shape index (κ1) is 39.1. The van der Waals surface area contributed by atoms with Crippen LogP contribution in [0.2, 0.25) is 0 Å². The lowest BCUT2D eigenvalue weighted by atomic mass is 9.97. The minimum Gasteiger partial charge on any atom is -0.309 e. The Labute approximate surface area is 392 Å². The highest BCUT2D eigenvalue weighted by Crippen LogP contribution is 2.41. The number of para-hydroxylation sites is 2. The van der Waals surface area contributed by atoms with Crippen molar-refractivity contribution in [3.63, 3.8) is 0 Å². The van der Waals surface area contributed by atoms with Crippen LogP contribution in [0.5, 0.6) is 0 Å². The van der Waals surface area contributed by atoms with E-state index >= 15 is 0 Å². The smallest absolute Gasteiger partial charge is 0.238 e. The van der Waals surface area contributed by atoms with Crippen molar-refractivity contribution in [2.24, 2.45) is 0 Å². The van der Waals surface area contributed by atoms with Crippen LogP contribution in [0.3, 0.4) is 0 Å². The average Bonchev–Trinajstić information content (AvgIpc) is 3.93. The quantitative estimate of drug-likeness (QED) is 0.153. The van der Waals surface area contributed by atoms with Crippen LogP contribution >= 0.6 is 0 Å². The van der Waals surface area contributed by atoms with E-state index in [4.69, 9.17) is 19.9 Å². The van der Waals surface area contributed by atoms with Crippen LogP contribution in [-0.2, 0) is 0 Å². The van der Waals surface area contributed by atoms with E-state index in [9.17, 15) is 0 Å². The van der Waals surface area contributed by atoms with Gasteiger partial charge >= 0.3 is 0 Å². The maximum Gasteiger partial charge on any atom is 0.238 e. The summed E-state index contributed by atoms with van der Waals surface area (Å²) in [4.78, 5) is 20.7. The summed E-state index contributed by atoms with van der Waals surface area (Å²) >= 11 is 0. The van der Waals surface area contributed by atoms with Crippen LogP contribution in [0, 0.1) is 0 Å². The third-order valence-corrected chi connectivity index (χ3v) is 13.0. The largest absolute Gasteiger partial charge is 0.309 e. The maximum absolute atomic E-state index is 5.29. The lowest BCUT2D eigenvalue weighted by molar-refractivity contribution is 0.954. The molecule has 318 valence electrons. The Balaban J connectivity index is 1.00. The number of rotatable bonds is 8. The van der Waals surface area contributed by atoms with Crippen LogP contribution in [0.25, 0.3) is 123 Å². The highest BCUT2D eigenvalue weighted by Gasteiger charge is 2.22. The average molecular weight is 869 g/mol. The predicted octanol–water partition coefficient (Wildman–Crippen LogP) is 15.5. The second-order valence-corrected chi connectivity index (χ2v) is 17.1. The highest BCUT2D eigenvalue weighted by molar-refractivity contribution is 6.19. The molecule has 0 saturated heterocycles. The van der Waals surface area contributed by atoms with E-state index in [0.29, 0.717) is 17.6 Å². The maximum atomic E-state index is 5.29. The van der Waals surface area contributed by atoms with Gasteiger partial charge in [-0.15, -0.1) is 0 Å². The molecule has 68 heavy (non-hydrogen) atoms. The second kappa shape index (κ2) is 16.3. The monoisotopic (exact) mass is 868 g/mol. The van der Waals surface area contributed by atoms with Gasteiger partial charge in [-0.05, 0) is 76.9 Å². The zero-order chi connectivity index (χ0) is 45.0. The van der Waals surface area contributed by atoms with Gasteiger partial charge in [0.1, 0.15) is 0 Å². The van der Waals surface area contributed by atoms with Gasteiger partial charge in [0.05, 0.1) is 33.5 Å². The van der Waals surface area contributed by atoms with E-state index in [1.54, 1.807) is 0 Å². The summed E-state index contributed by atoms with van der Waals surface area (Å²) in [6.45, 7) is 0. The van der Waals surface area contributed by atoms with Gasteiger partial charge in [0, 0.05) is 49.5 Å². The highest BCUT2D eigenvalue weighted by atomic mass is 15.2. The molecule has 0 atom stereocenters. The fourth-order valence-electron chi connectivity index (χ4n) is 9.74. The first-order valence-corrected chi connectivity index (χ1v) is 22.9. The number of pyridine rings is 1. The molecule has 0 aliphatic carbocycles. The van der Waals surface area contributed by atoms with Crippen molar-refractivity contribution in [3.8, 4) is 79.2 Å². The Hall–Kier alpha value is -9.26. The third kappa shape index (κ3) is 6.82. The van der Waals surface area contributed by atoms with Crippen molar-refractivity contribution in [2.75, 3.05) is 0 Å². The van der Waals surface area contributed by atoms with Crippen molar-refractivity contribution in [3.05, 3.63) is 243 Å². The van der Waals surface area contributed by atoms with Gasteiger partial charge in [0.25, 0.3) is 0 Å². The van der Waals surface area contributed by atoms with Gasteiger partial charge in [0.2, 0.25) is 5.95 Å².